The molecule has 0 radical (unpaired) electrons. The molecule has 4 aliphatic rings. The number of ether oxygens (including phenoxy) is 3. The number of aliphatic hydroxyl groups excluding tert-OH is 2. The van der Waals surface area contributed by atoms with Crippen molar-refractivity contribution in [3.05, 3.63) is 159 Å². The average molecular weight is 1010 g/mol. The van der Waals surface area contributed by atoms with Gasteiger partial charge in [-0.2, -0.15) is 0 Å². The van der Waals surface area contributed by atoms with Crippen LogP contribution in [0.15, 0.2) is 129 Å². The van der Waals surface area contributed by atoms with E-state index >= 15 is 0 Å². The van der Waals surface area contributed by atoms with Gasteiger partial charge in [-0.1, -0.05) is 98.6 Å². The second kappa shape index (κ2) is 22.5. The zero-order valence-electron chi connectivity index (χ0n) is 42.8. The number of benzene rings is 5. The molecule has 5 heterocycles. The van der Waals surface area contributed by atoms with Crippen molar-refractivity contribution in [3.8, 4) is 45.4 Å². The van der Waals surface area contributed by atoms with Crippen LogP contribution in [0.3, 0.4) is 0 Å². The molecule has 4 bridgehead atoms. The average Bonchev–Trinajstić information content (AvgIpc) is 4.12. The van der Waals surface area contributed by atoms with Crippen LogP contribution in [0.1, 0.15) is 72.5 Å². The number of aliphatic imine (C=N–C) groups is 1. The van der Waals surface area contributed by atoms with Crippen LogP contribution in [0, 0.1) is 5.92 Å². The van der Waals surface area contributed by atoms with E-state index in [1.54, 1.807) is 30.3 Å². The van der Waals surface area contributed by atoms with E-state index < -0.39 is 12.0 Å². The third-order valence-electron chi connectivity index (χ3n) is 15.4. The number of nitrogens with one attached hydrogen (secondary N) is 2. The Morgan fingerprint density at radius 2 is 1.77 bits per heavy atom. The summed E-state index contributed by atoms with van der Waals surface area (Å²) in [5.41, 5.74) is 21.3. The van der Waals surface area contributed by atoms with Crippen molar-refractivity contribution >= 4 is 34.5 Å². The van der Waals surface area contributed by atoms with Crippen molar-refractivity contribution in [2.45, 2.75) is 82.3 Å². The highest BCUT2D eigenvalue weighted by molar-refractivity contribution is 5.93. The van der Waals surface area contributed by atoms with Crippen LogP contribution in [-0.4, -0.2) is 85.0 Å². The predicted molar refractivity (Wildman–Crippen MR) is 297 cm³/mol. The molecule has 3 atom stereocenters. The van der Waals surface area contributed by atoms with E-state index in [1.807, 2.05) is 36.4 Å². The van der Waals surface area contributed by atoms with Crippen LogP contribution in [0.5, 0.6) is 23.0 Å². The summed E-state index contributed by atoms with van der Waals surface area (Å²) in [7, 11) is 1.51. The number of fused-ring (bicyclic) bond motifs is 7. The van der Waals surface area contributed by atoms with E-state index in [0.29, 0.717) is 41.8 Å². The molecule has 1 saturated carbocycles. The fourth-order valence-corrected chi connectivity index (χ4v) is 11.6. The highest BCUT2D eigenvalue weighted by atomic mass is 16.5. The lowest BCUT2D eigenvalue weighted by Crippen LogP contribution is -2.60. The first kappa shape index (κ1) is 51.0. The summed E-state index contributed by atoms with van der Waals surface area (Å²) in [4.78, 5) is 26.0. The summed E-state index contributed by atoms with van der Waals surface area (Å²) in [6.45, 7) is 4.46. The smallest absolute Gasteiger partial charge is 0.204 e. The number of phenolic OH excluding ortho intramolecular Hbond substituents is 1. The van der Waals surface area contributed by atoms with Gasteiger partial charge in [0.05, 0.1) is 38.2 Å². The number of aromatic hydroxyl groups is 1. The van der Waals surface area contributed by atoms with E-state index in [9.17, 15) is 20.1 Å². The van der Waals surface area contributed by atoms with E-state index in [-0.39, 0.29) is 83.1 Å². The lowest BCUT2D eigenvalue weighted by Gasteiger charge is -2.48. The number of methoxy groups -OCH3 is 1. The number of guanidine groups is 1. The molecule has 390 valence electrons. The van der Waals surface area contributed by atoms with Crippen molar-refractivity contribution in [2.24, 2.45) is 22.4 Å². The molecule has 2 aromatic heterocycles. The Hall–Kier alpha value is -7.52. The minimum Gasteiger partial charge on any atom is -0.508 e. The third kappa shape index (κ3) is 10.7. The zero-order chi connectivity index (χ0) is 52.1. The number of anilines is 1. The summed E-state index contributed by atoms with van der Waals surface area (Å²) >= 11 is 0. The number of aromatic amines is 1. The molecular weight excluding hydrogens is 945 g/mol. The molecule has 3 aliphatic heterocycles. The number of hydrogen-bond acceptors (Lipinski definition) is 11. The van der Waals surface area contributed by atoms with Gasteiger partial charge in [-0.25, -0.2) is 4.99 Å². The van der Waals surface area contributed by atoms with Crippen LogP contribution in [0.2, 0.25) is 0 Å². The summed E-state index contributed by atoms with van der Waals surface area (Å²) in [6.07, 6.45) is 9.22. The number of hydrogen-bond donors (Lipinski definition) is 7. The van der Waals surface area contributed by atoms with Gasteiger partial charge in [0, 0.05) is 72.4 Å². The van der Waals surface area contributed by atoms with Crippen LogP contribution < -0.4 is 41.3 Å². The molecule has 7 aromatic rings. The van der Waals surface area contributed by atoms with Crippen LogP contribution in [0.25, 0.3) is 39.5 Å². The molecule has 1 spiro atoms. The highest BCUT2D eigenvalue weighted by Gasteiger charge is 2.47. The largest absolute Gasteiger partial charge is 0.508 e. The van der Waals surface area contributed by atoms with E-state index in [1.165, 1.54) is 18.7 Å². The summed E-state index contributed by atoms with van der Waals surface area (Å²) < 4.78 is 26.6. The minimum absolute atomic E-state index is 0.0101. The van der Waals surface area contributed by atoms with Gasteiger partial charge < -0.3 is 60.6 Å². The lowest BCUT2D eigenvalue weighted by molar-refractivity contribution is 0.157. The maximum absolute atomic E-state index is 14.7. The Labute approximate surface area is 437 Å². The first-order valence-corrected chi connectivity index (χ1v) is 26.3. The number of aromatic nitrogens is 1. The second-order valence-electron chi connectivity index (χ2n) is 20.2. The van der Waals surface area contributed by atoms with E-state index in [0.717, 1.165) is 91.1 Å². The highest BCUT2D eigenvalue weighted by Crippen LogP contribution is 2.50. The van der Waals surface area contributed by atoms with Gasteiger partial charge in [0.2, 0.25) is 5.75 Å². The van der Waals surface area contributed by atoms with E-state index in [2.05, 4.69) is 70.7 Å². The Kier molecular flexibility index (Phi) is 15.3. The summed E-state index contributed by atoms with van der Waals surface area (Å²) in [5.74, 6) is 1.54. The number of aliphatic hydroxyl groups is 2. The van der Waals surface area contributed by atoms with Gasteiger partial charge in [-0.05, 0) is 103 Å². The fraction of sp³-hybridized carbons (Fsp3) is 0.344. The topological polar surface area (TPSA) is 214 Å². The number of phenols is 1. The Morgan fingerprint density at radius 1 is 0.960 bits per heavy atom. The standard InChI is InChI=1S/C61H68N6O8/c1-3-45-33-49-42-13-9-12-39(30-42)15-23-48-55-54(51(71)34-52(75-55)41-17-21-46(69)22-18-41)57(73-29-24-47(70)20-14-38-10-5-4-6-11-38)58(72-2)56(48)74-37-40(36-68)31-43-16-19-44(32-50(43)66-60(62)63)61(25-7-8-26-61)53-35-64-27-28-67(53)59(49)65-45/h4-6,9-14,16-22,30,32-34,40,47,53,64-65,68-70H,3,7-8,15,23-29,31,35-37H2,1-2H3,(H4,62,63,66). The van der Waals surface area contributed by atoms with Crippen molar-refractivity contribution in [2.75, 3.05) is 51.5 Å². The Balaban J connectivity index is 1.14. The van der Waals surface area contributed by atoms with Crippen molar-refractivity contribution < 1.29 is 33.9 Å². The van der Waals surface area contributed by atoms with Crippen LogP contribution >= 0.6 is 0 Å². The molecule has 2 fully saturated rings. The van der Waals surface area contributed by atoms with Gasteiger partial charge >= 0.3 is 0 Å². The third-order valence-corrected chi connectivity index (χ3v) is 15.4. The maximum Gasteiger partial charge on any atom is 0.204 e. The van der Waals surface area contributed by atoms with Crippen LogP contribution in [0.4, 0.5) is 11.5 Å². The van der Waals surface area contributed by atoms with E-state index in [4.69, 9.17) is 35.1 Å². The quantitative estimate of drug-likeness (QED) is 0.0478. The molecule has 9 N–H and O–H groups in total. The fourth-order valence-electron chi connectivity index (χ4n) is 11.6. The van der Waals surface area contributed by atoms with Gasteiger partial charge in [0.15, 0.2) is 22.9 Å². The Bertz CT molecular complexity index is 3250. The van der Waals surface area contributed by atoms with Crippen molar-refractivity contribution in [1.29, 1.82) is 0 Å². The Morgan fingerprint density at radius 3 is 2.53 bits per heavy atom. The van der Waals surface area contributed by atoms with Gasteiger partial charge in [0.1, 0.15) is 28.3 Å². The number of H-pyrrole nitrogens is 1. The second-order valence-corrected chi connectivity index (χ2v) is 20.2. The van der Waals surface area contributed by atoms with Gasteiger partial charge in [0.25, 0.3) is 0 Å². The first-order valence-electron chi connectivity index (χ1n) is 26.3. The molecule has 3 unspecified atom stereocenters. The zero-order valence-corrected chi connectivity index (χ0v) is 42.8. The summed E-state index contributed by atoms with van der Waals surface area (Å²) in [6, 6.07) is 35.2. The number of piperazine rings is 1. The first-order chi connectivity index (χ1) is 36.5. The number of nitrogens with two attached hydrogens (primary N) is 2. The molecule has 1 aliphatic carbocycles. The molecule has 0 amide bonds. The van der Waals surface area contributed by atoms with Crippen LogP contribution in [-0.2, 0) is 31.1 Å². The van der Waals surface area contributed by atoms with Gasteiger partial charge in [-0.3, -0.25) is 4.79 Å². The molecular formula is C61H68N6O8. The predicted octanol–water partition coefficient (Wildman–Crippen LogP) is 9.10. The number of nitrogens with zero attached hydrogens (tertiary/aromatic N) is 2. The molecule has 75 heavy (non-hydrogen) atoms. The summed E-state index contributed by atoms with van der Waals surface area (Å²) in [5, 5.41) is 36.4. The molecule has 11 rings (SSSR count). The molecule has 14 nitrogen and oxygen atoms in total. The normalized spacial score (nSPS) is 18.0. The SMILES string of the molecule is CCc1cc2c([nH]1)N1CCNCC1C1(CCCC1)c1ccc(c(N=C(N)N)c1)CC(CO)COc1c(OC)c(OCCC(O)C=Cc3ccccc3)c3c(=O)cc(-c4ccc(O)cc4)oc3c1CCc1cccc-2c1. The molecule has 14 heteroatoms. The number of rotatable bonds is 11. The van der Waals surface area contributed by atoms with Crippen molar-refractivity contribution in [3.63, 3.8) is 0 Å². The van der Waals surface area contributed by atoms with Gasteiger partial charge in [-0.15, -0.1) is 0 Å². The molecule has 5 aromatic carbocycles. The number of aryl methyl sites for hydroxylation is 3. The molecule has 1 saturated heterocycles. The van der Waals surface area contributed by atoms with Crippen molar-refractivity contribution in [1.82, 2.24) is 10.3 Å². The monoisotopic (exact) mass is 1010 g/mol. The minimum atomic E-state index is -0.860. The lowest BCUT2D eigenvalue weighted by atomic mass is 9.71. The maximum atomic E-state index is 14.7.